The maximum atomic E-state index is 3.32. The average Bonchev–Trinajstić information content (AvgIpc) is 2.68. The molecule has 4 rings (SSSR count). The van der Waals surface area contributed by atoms with E-state index in [4.69, 9.17) is 0 Å². The van der Waals surface area contributed by atoms with Gasteiger partial charge < -0.3 is 0 Å². The van der Waals surface area contributed by atoms with Gasteiger partial charge in [0.05, 0.1) is 0 Å². The summed E-state index contributed by atoms with van der Waals surface area (Å²) >= 11 is 0. The molecule has 0 spiro atoms. The van der Waals surface area contributed by atoms with E-state index in [1.165, 1.54) is 33.0 Å². The van der Waals surface area contributed by atoms with E-state index in [1.807, 2.05) is 12.1 Å². The monoisotopic (exact) mass is 200 g/mol. The predicted molar refractivity (Wildman–Crippen MR) is 66.1 cm³/mol. The molecular formula is C16H8. The summed E-state index contributed by atoms with van der Waals surface area (Å²) < 4.78 is 0. The van der Waals surface area contributed by atoms with Gasteiger partial charge in [0.2, 0.25) is 0 Å². The van der Waals surface area contributed by atoms with Crippen molar-refractivity contribution in [1.82, 2.24) is 0 Å². The zero-order valence-corrected chi connectivity index (χ0v) is 8.62. The molecule has 0 aliphatic heterocycles. The summed E-state index contributed by atoms with van der Waals surface area (Å²) in [7, 11) is 0. The second-order valence-corrected chi connectivity index (χ2v) is 4.08. The van der Waals surface area contributed by atoms with Crippen LogP contribution in [0.5, 0.6) is 0 Å². The molecule has 0 N–H and O–H groups in total. The summed E-state index contributed by atoms with van der Waals surface area (Å²) in [5, 5.41) is 2.65. The zero-order valence-electron chi connectivity index (χ0n) is 8.62. The van der Waals surface area contributed by atoms with Crippen molar-refractivity contribution < 1.29 is 0 Å². The molecule has 0 unspecified atom stereocenters. The highest BCUT2D eigenvalue weighted by atomic mass is 14.2. The van der Waals surface area contributed by atoms with E-state index in [0.717, 1.165) is 0 Å². The molecule has 3 aromatic carbocycles. The van der Waals surface area contributed by atoms with Gasteiger partial charge in [0, 0.05) is 0 Å². The Kier molecular flexibility index (Phi) is 1.39. The van der Waals surface area contributed by atoms with E-state index in [0.29, 0.717) is 0 Å². The van der Waals surface area contributed by atoms with E-state index in [2.05, 4.69) is 48.5 Å². The molecule has 1 aliphatic rings. The predicted octanol–water partition coefficient (Wildman–Crippen LogP) is 4.09. The highest BCUT2D eigenvalue weighted by molar-refractivity contribution is 6.14. The Bertz CT molecular complexity index is 650. The highest BCUT2D eigenvalue weighted by Crippen LogP contribution is 2.46. The molecule has 3 aromatic rings. The third kappa shape index (κ3) is 0.849. The minimum atomic E-state index is 1.19. The van der Waals surface area contributed by atoms with E-state index in [9.17, 15) is 0 Å². The van der Waals surface area contributed by atoms with Crippen LogP contribution in [0.2, 0.25) is 0 Å². The summed E-state index contributed by atoms with van der Waals surface area (Å²) in [6, 6.07) is 23.4. The van der Waals surface area contributed by atoms with Crippen LogP contribution in [-0.4, -0.2) is 0 Å². The Morgan fingerprint density at radius 3 is 1.81 bits per heavy atom. The molecular weight excluding hydrogens is 192 g/mol. The molecule has 0 nitrogen and oxygen atoms in total. The van der Waals surface area contributed by atoms with Crippen molar-refractivity contribution in [3.8, 4) is 22.3 Å². The van der Waals surface area contributed by atoms with Crippen LogP contribution in [0.15, 0.2) is 48.5 Å². The molecule has 0 saturated carbocycles. The molecule has 0 saturated heterocycles. The van der Waals surface area contributed by atoms with Crippen molar-refractivity contribution in [2.75, 3.05) is 0 Å². The third-order valence-electron chi connectivity index (χ3n) is 3.23. The molecule has 1 aliphatic carbocycles. The Morgan fingerprint density at radius 2 is 1.25 bits per heavy atom. The molecule has 0 heterocycles. The molecule has 16 heavy (non-hydrogen) atoms. The standard InChI is InChI=1S/C16H8/c1-2-8-13-12(7-1)14-9-3-5-11-6-4-10-15(13)16(11)14/h1-6,9-10H. The van der Waals surface area contributed by atoms with Crippen LogP contribution < -0.4 is 0 Å². The number of fused-ring (bicyclic) bond motifs is 3. The lowest BCUT2D eigenvalue weighted by Crippen LogP contribution is -1.74. The van der Waals surface area contributed by atoms with E-state index in [-0.39, 0.29) is 0 Å². The van der Waals surface area contributed by atoms with Crippen LogP contribution in [0, 0.1) is 12.1 Å². The van der Waals surface area contributed by atoms with Gasteiger partial charge in [-0.15, -0.1) is 0 Å². The largest absolute Gasteiger partial charge is 0.0610 e. The molecule has 0 fully saturated rings. The average molecular weight is 200 g/mol. The van der Waals surface area contributed by atoms with Crippen molar-refractivity contribution in [3.63, 3.8) is 0 Å². The molecule has 0 heteroatoms. The quantitative estimate of drug-likeness (QED) is 0.401. The maximum Gasteiger partial charge on any atom is -0.00137 e. The van der Waals surface area contributed by atoms with Crippen molar-refractivity contribution >= 4 is 10.8 Å². The Morgan fingerprint density at radius 1 is 0.688 bits per heavy atom. The number of hydrogen-bond acceptors (Lipinski definition) is 0. The van der Waals surface area contributed by atoms with Gasteiger partial charge in [-0.25, -0.2) is 0 Å². The van der Waals surface area contributed by atoms with Crippen molar-refractivity contribution in [1.29, 1.82) is 0 Å². The van der Waals surface area contributed by atoms with Gasteiger partial charge in [-0.3, -0.25) is 0 Å². The fourth-order valence-corrected chi connectivity index (χ4v) is 2.58. The van der Waals surface area contributed by atoms with Crippen LogP contribution in [0.1, 0.15) is 0 Å². The van der Waals surface area contributed by atoms with Crippen molar-refractivity contribution in [2.45, 2.75) is 0 Å². The summed E-state index contributed by atoms with van der Waals surface area (Å²) in [4.78, 5) is 0. The maximum absolute atomic E-state index is 3.32. The Hall–Kier alpha value is -2.08. The smallest absolute Gasteiger partial charge is 0.00137 e. The van der Waals surface area contributed by atoms with E-state index >= 15 is 0 Å². The van der Waals surface area contributed by atoms with Crippen molar-refractivity contribution in [3.05, 3.63) is 60.7 Å². The minimum absolute atomic E-state index is 1.19. The van der Waals surface area contributed by atoms with Crippen LogP contribution in [0.25, 0.3) is 33.0 Å². The fourth-order valence-electron chi connectivity index (χ4n) is 2.58. The first kappa shape index (κ1) is 8.12. The first-order valence-electron chi connectivity index (χ1n) is 5.40. The normalized spacial score (nSPS) is 11.8. The molecule has 0 amide bonds. The highest BCUT2D eigenvalue weighted by Gasteiger charge is 2.19. The summed E-state index contributed by atoms with van der Waals surface area (Å²) in [6.45, 7) is 0. The van der Waals surface area contributed by atoms with Gasteiger partial charge in [0.1, 0.15) is 0 Å². The van der Waals surface area contributed by atoms with Crippen LogP contribution >= 0.6 is 0 Å². The second kappa shape index (κ2) is 2.73. The number of benzene rings is 3. The number of rotatable bonds is 0. The van der Waals surface area contributed by atoms with Crippen LogP contribution in [0.3, 0.4) is 0 Å². The fraction of sp³-hybridized carbons (Fsp3) is 0. The minimum Gasteiger partial charge on any atom is -0.0610 e. The number of hydrogen-bond donors (Lipinski definition) is 0. The Labute approximate surface area is 94.2 Å². The molecule has 0 atom stereocenters. The van der Waals surface area contributed by atoms with Crippen LogP contribution in [-0.2, 0) is 0 Å². The zero-order chi connectivity index (χ0) is 10.5. The van der Waals surface area contributed by atoms with Crippen molar-refractivity contribution in [2.24, 2.45) is 0 Å². The lowest BCUT2D eigenvalue weighted by atomic mass is 10.0. The van der Waals surface area contributed by atoms with E-state index < -0.39 is 0 Å². The molecule has 2 radical (unpaired) electrons. The topological polar surface area (TPSA) is 0 Å². The van der Waals surface area contributed by atoms with Gasteiger partial charge in [-0.05, 0) is 45.2 Å². The lowest BCUT2D eigenvalue weighted by molar-refractivity contribution is 1.67. The first-order chi connectivity index (χ1) is 7.95. The van der Waals surface area contributed by atoms with Crippen LogP contribution in [0.4, 0.5) is 0 Å². The first-order valence-corrected chi connectivity index (χ1v) is 5.40. The Balaban J connectivity index is 2.31. The van der Waals surface area contributed by atoms with E-state index in [1.54, 1.807) is 0 Å². The lowest BCUT2D eigenvalue weighted by Gasteiger charge is -2.00. The van der Waals surface area contributed by atoms with Gasteiger partial charge in [0.25, 0.3) is 0 Å². The van der Waals surface area contributed by atoms with Gasteiger partial charge in [-0.2, -0.15) is 0 Å². The summed E-state index contributed by atoms with van der Waals surface area (Å²) in [5.41, 5.74) is 4.96. The van der Waals surface area contributed by atoms with Gasteiger partial charge in [-0.1, -0.05) is 48.5 Å². The summed E-state index contributed by atoms with van der Waals surface area (Å²) in [6.07, 6.45) is 0. The molecule has 0 aromatic heterocycles. The second-order valence-electron chi connectivity index (χ2n) is 4.08. The third-order valence-corrected chi connectivity index (χ3v) is 3.23. The van der Waals surface area contributed by atoms with Gasteiger partial charge in [0.15, 0.2) is 0 Å². The molecule has 0 bridgehead atoms. The van der Waals surface area contributed by atoms with Gasteiger partial charge >= 0.3 is 0 Å². The SMILES string of the molecule is [c]1cc[c]c2c1-c1cccc3cccc-2c13. The molecule has 72 valence electrons. The summed E-state index contributed by atoms with van der Waals surface area (Å²) in [5.74, 6) is 0.